The monoisotopic (exact) mass is 367 g/mol. The fraction of sp³-hybridized carbons (Fsp3) is 0.150. The lowest BCUT2D eigenvalue weighted by atomic mass is 10.1. The molecule has 5 nitrogen and oxygen atoms in total. The normalized spacial score (nSPS) is 11.0. The maximum absolute atomic E-state index is 12.3. The maximum atomic E-state index is 12.3. The summed E-state index contributed by atoms with van der Waals surface area (Å²) in [5, 5.41) is 15.2. The van der Waals surface area contributed by atoms with Crippen molar-refractivity contribution in [2.75, 3.05) is 5.32 Å². The van der Waals surface area contributed by atoms with Gasteiger partial charge >= 0.3 is 0 Å². The second kappa shape index (κ2) is 8.84. The van der Waals surface area contributed by atoms with E-state index in [9.17, 15) is 14.9 Å². The molecule has 2 amide bonds. The topological polar surface area (TPSA) is 82.0 Å². The molecule has 0 aromatic heterocycles. The Morgan fingerprint density at radius 2 is 1.85 bits per heavy atom. The quantitative estimate of drug-likeness (QED) is 0.618. The highest BCUT2D eigenvalue weighted by Crippen LogP contribution is 2.16. The van der Waals surface area contributed by atoms with Crippen molar-refractivity contribution < 1.29 is 9.59 Å². The number of halogens is 1. The molecule has 2 rings (SSSR count). The van der Waals surface area contributed by atoms with Gasteiger partial charge in [-0.25, -0.2) is 0 Å². The number of nitrogens with zero attached hydrogens (tertiary/aromatic N) is 1. The first kappa shape index (κ1) is 19.2. The molecule has 0 saturated heterocycles. The number of amides is 2. The molecule has 0 bridgehead atoms. The second-order valence-corrected chi connectivity index (χ2v) is 6.32. The van der Waals surface area contributed by atoms with Crippen molar-refractivity contribution >= 4 is 35.2 Å². The molecule has 0 spiro atoms. The smallest absolute Gasteiger partial charge is 0.262 e. The predicted octanol–water partition coefficient (Wildman–Crippen LogP) is 4.02. The summed E-state index contributed by atoms with van der Waals surface area (Å²) in [6.45, 7) is 3.64. The van der Waals surface area contributed by atoms with E-state index in [1.807, 2.05) is 19.9 Å². The fourth-order valence-corrected chi connectivity index (χ4v) is 2.29. The molecular weight excluding hydrogens is 350 g/mol. The van der Waals surface area contributed by atoms with Gasteiger partial charge in [-0.05, 0) is 61.9 Å². The molecular formula is C20H18ClN3O2. The van der Waals surface area contributed by atoms with Crippen LogP contribution in [0.3, 0.4) is 0 Å². The molecule has 0 aliphatic rings. The molecule has 2 N–H and O–H groups in total. The molecule has 0 radical (unpaired) electrons. The summed E-state index contributed by atoms with van der Waals surface area (Å²) in [5.74, 6) is -0.709. The first-order valence-corrected chi connectivity index (χ1v) is 8.36. The largest absolute Gasteiger partial charge is 0.349 e. The van der Waals surface area contributed by atoms with Gasteiger partial charge in [0.15, 0.2) is 0 Å². The minimum absolute atomic E-state index is 0.000113. The van der Waals surface area contributed by atoms with Crippen molar-refractivity contribution in [3.63, 3.8) is 0 Å². The standard InChI is InChI=1S/C20H18ClN3O2/c1-13(2)23-20(26)16(12-22)10-14-4-3-5-18(11-14)24-19(25)15-6-8-17(21)9-7-15/h3-11,13H,1-2H3,(H,23,26)(H,24,25)/b16-10+. The lowest BCUT2D eigenvalue weighted by Gasteiger charge is -2.08. The van der Waals surface area contributed by atoms with E-state index in [0.717, 1.165) is 0 Å². The number of nitriles is 1. The molecule has 0 aliphatic heterocycles. The van der Waals surface area contributed by atoms with Crippen LogP contribution in [0.1, 0.15) is 29.8 Å². The zero-order chi connectivity index (χ0) is 19.1. The van der Waals surface area contributed by atoms with Gasteiger partial charge in [0.05, 0.1) is 0 Å². The highest BCUT2D eigenvalue weighted by atomic mass is 35.5. The van der Waals surface area contributed by atoms with E-state index in [0.29, 0.717) is 21.8 Å². The van der Waals surface area contributed by atoms with Crippen LogP contribution in [-0.2, 0) is 4.79 Å². The SMILES string of the molecule is CC(C)NC(=O)/C(C#N)=C/c1cccc(NC(=O)c2ccc(Cl)cc2)c1. The number of hydrogen-bond acceptors (Lipinski definition) is 3. The van der Waals surface area contributed by atoms with Crippen LogP contribution in [0, 0.1) is 11.3 Å². The van der Waals surface area contributed by atoms with Gasteiger partial charge in [-0.1, -0.05) is 23.7 Å². The van der Waals surface area contributed by atoms with Gasteiger partial charge < -0.3 is 10.6 Å². The van der Waals surface area contributed by atoms with E-state index in [2.05, 4.69) is 10.6 Å². The predicted molar refractivity (Wildman–Crippen MR) is 103 cm³/mol. The molecule has 2 aromatic carbocycles. The Balaban J connectivity index is 2.18. The summed E-state index contributed by atoms with van der Waals surface area (Å²) in [7, 11) is 0. The first-order chi connectivity index (χ1) is 12.4. The zero-order valence-electron chi connectivity index (χ0n) is 14.4. The van der Waals surface area contributed by atoms with Crippen molar-refractivity contribution in [2.45, 2.75) is 19.9 Å². The van der Waals surface area contributed by atoms with Gasteiger partial charge in [-0.15, -0.1) is 0 Å². The Bertz CT molecular complexity index is 881. The number of carbonyl (C=O) groups excluding carboxylic acids is 2. The van der Waals surface area contributed by atoms with Crippen LogP contribution in [-0.4, -0.2) is 17.9 Å². The summed E-state index contributed by atoms with van der Waals surface area (Å²) < 4.78 is 0. The van der Waals surface area contributed by atoms with Crippen molar-refractivity contribution in [2.24, 2.45) is 0 Å². The Hall–Kier alpha value is -3.10. The molecule has 0 heterocycles. The summed E-state index contributed by atoms with van der Waals surface area (Å²) >= 11 is 5.82. The number of rotatable bonds is 5. The van der Waals surface area contributed by atoms with Crippen LogP contribution in [0.4, 0.5) is 5.69 Å². The number of anilines is 1. The Morgan fingerprint density at radius 1 is 1.15 bits per heavy atom. The molecule has 132 valence electrons. The fourth-order valence-electron chi connectivity index (χ4n) is 2.17. The van der Waals surface area contributed by atoms with Crippen molar-refractivity contribution in [1.82, 2.24) is 5.32 Å². The van der Waals surface area contributed by atoms with Gasteiger partial charge in [0.1, 0.15) is 11.6 Å². The molecule has 0 fully saturated rings. The van der Waals surface area contributed by atoms with Crippen LogP contribution < -0.4 is 10.6 Å². The van der Waals surface area contributed by atoms with Crippen LogP contribution in [0.2, 0.25) is 5.02 Å². The van der Waals surface area contributed by atoms with E-state index < -0.39 is 5.91 Å². The average Bonchev–Trinajstić information content (AvgIpc) is 2.59. The van der Waals surface area contributed by atoms with Gasteiger partial charge in [0.2, 0.25) is 0 Å². The summed E-state index contributed by atoms with van der Waals surface area (Å²) in [6.07, 6.45) is 1.48. The molecule has 6 heteroatoms. The van der Waals surface area contributed by atoms with E-state index in [1.54, 1.807) is 48.5 Å². The minimum Gasteiger partial charge on any atom is -0.349 e. The summed E-state index contributed by atoms with van der Waals surface area (Å²) in [4.78, 5) is 24.2. The number of carbonyl (C=O) groups is 2. The third-order valence-corrected chi connectivity index (χ3v) is 3.60. The number of nitrogens with one attached hydrogen (secondary N) is 2. The first-order valence-electron chi connectivity index (χ1n) is 7.98. The Labute approximate surface area is 157 Å². The van der Waals surface area contributed by atoms with Gasteiger partial charge in [-0.2, -0.15) is 5.26 Å². The summed E-state index contributed by atoms with van der Waals surface area (Å²) in [5.41, 5.74) is 1.67. The van der Waals surface area contributed by atoms with Gasteiger partial charge in [-0.3, -0.25) is 9.59 Å². The van der Waals surface area contributed by atoms with Crippen molar-refractivity contribution in [1.29, 1.82) is 5.26 Å². The molecule has 0 aliphatic carbocycles. The second-order valence-electron chi connectivity index (χ2n) is 5.88. The Morgan fingerprint density at radius 3 is 2.46 bits per heavy atom. The lowest BCUT2D eigenvalue weighted by Crippen LogP contribution is -2.30. The Kier molecular flexibility index (Phi) is 6.54. The highest BCUT2D eigenvalue weighted by molar-refractivity contribution is 6.30. The minimum atomic E-state index is -0.432. The third kappa shape index (κ3) is 5.47. The molecule has 0 atom stereocenters. The van der Waals surface area contributed by atoms with Crippen LogP contribution in [0.25, 0.3) is 6.08 Å². The summed E-state index contributed by atoms with van der Waals surface area (Å²) in [6, 6.07) is 15.3. The molecule has 26 heavy (non-hydrogen) atoms. The van der Waals surface area contributed by atoms with E-state index in [1.165, 1.54) is 6.08 Å². The zero-order valence-corrected chi connectivity index (χ0v) is 15.2. The van der Waals surface area contributed by atoms with Crippen LogP contribution in [0.15, 0.2) is 54.1 Å². The average molecular weight is 368 g/mol. The highest BCUT2D eigenvalue weighted by Gasteiger charge is 2.10. The molecule has 0 unspecified atom stereocenters. The van der Waals surface area contributed by atoms with E-state index >= 15 is 0 Å². The van der Waals surface area contributed by atoms with E-state index in [4.69, 9.17) is 11.6 Å². The van der Waals surface area contributed by atoms with Gasteiger partial charge in [0, 0.05) is 22.3 Å². The number of hydrogen-bond donors (Lipinski definition) is 2. The van der Waals surface area contributed by atoms with Gasteiger partial charge in [0.25, 0.3) is 11.8 Å². The lowest BCUT2D eigenvalue weighted by molar-refractivity contribution is -0.117. The van der Waals surface area contributed by atoms with E-state index in [-0.39, 0.29) is 17.5 Å². The third-order valence-electron chi connectivity index (χ3n) is 3.35. The number of benzene rings is 2. The molecule has 0 saturated carbocycles. The van der Waals surface area contributed by atoms with Crippen LogP contribution >= 0.6 is 11.6 Å². The van der Waals surface area contributed by atoms with Crippen molar-refractivity contribution in [3.05, 3.63) is 70.3 Å². The van der Waals surface area contributed by atoms with Crippen molar-refractivity contribution in [3.8, 4) is 6.07 Å². The molecule has 2 aromatic rings. The maximum Gasteiger partial charge on any atom is 0.262 e. The van der Waals surface area contributed by atoms with Crippen LogP contribution in [0.5, 0.6) is 0 Å².